The first-order chi connectivity index (χ1) is 8.78. The number of hydrogen-bond donors (Lipinski definition) is 1. The van der Waals surface area contributed by atoms with Crippen molar-refractivity contribution in [2.45, 2.75) is 6.92 Å². The Morgan fingerprint density at radius 3 is 2.94 bits per heavy atom. The molecular formula is C16H13NO. The summed E-state index contributed by atoms with van der Waals surface area (Å²) < 4.78 is 0. The van der Waals surface area contributed by atoms with Crippen molar-refractivity contribution in [1.82, 2.24) is 0 Å². The van der Waals surface area contributed by atoms with E-state index >= 15 is 0 Å². The second-order valence-electron chi connectivity index (χ2n) is 4.46. The van der Waals surface area contributed by atoms with Crippen molar-refractivity contribution in [2.75, 3.05) is 5.32 Å². The van der Waals surface area contributed by atoms with Gasteiger partial charge in [0.15, 0.2) is 0 Å². The number of hydrogen-bond acceptors (Lipinski definition) is 2. The molecule has 0 saturated heterocycles. The molecule has 0 fully saturated rings. The van der Waals surface area contributed by atoms with Crippen LogP contribution in [-0.2, 0) is 4.79 Å². The molecule has 2 heteroatoms. The number of carbonyl (C=O) groups is 1. The molecule has 0 unspecified atom stereocenters. The van der Waals surface area contributed by atoms with Crippen LogP contribution in [0.3, 0.4) is 0 Å². The predicted molar refractivity (Wildman–Crippen MR) is 76.3 cm³/mol. The smallest absolute Gasteiger partial charge is 0.142 e. The molecule has 0 amide bonds. The monoisotopic (exact) mass is 235 g/mol. The van der Waals surface area contributed by atoms with Gasteiger partial charge in [-0.25, -0.2) is 0 Å². The maximum atomic E-state index is 10.4. The molecule has 0 spiro atoms. The molecule has 0 bridgehead atoms. The number of rotatable bonds is 2. The van der Waals surface area contributed by atoms with Crippen molar-refractivity contribution in [3.63, 3.8) is 0 Å². The topological polar surface area (TPSA) is 29.1 Å². The van der Waals surface area contributed by atoms with Gasteiger partial charge in [-0.15, -0.1) is 0 Å². The summed E-state index contributed by atoms with van der Waals surface area (Å²) in [5.41, 5.74) is 4.53. The Hall–Kier alpha value is -2.35. The van der Waals surface area contributed by atoms with Gasteiger partial charge in [0.05, 0.1) is 0 Å². The quantitative estimate of drug-likeness (QED) is 0.633. The van der Waals surface area contributed by atoms with E-state index in [9.17, 15) is 4.79 Å². The molecule has 1 aliphatic heterocycles. The molecule has 18 heavy (non-hydrogen) atoms. The summed E-state index contributed by atoms with van der Waals surface area (Å²) in [5, 5.41) is 5.80. The Labute approximate surface area is 106 Å². The minimum Gasteiger partial charge on any atom is -0.359 e. The molecular weight excluding hydrogens is 222 g/mol. The molecule has 0 aromatic heterocycles. The first-order valence-electron chi connectivity index (χ1n) is 5.92. The third kappa shape index (κ3) is 1.72. The summed E-state index contributed by atoms with van der Waals surface area (Å²) in [6.07, 6.45) is 6.29. The van der Waals surface area contributed by atoms with Crippen LogP contribution >= 0.6 is 0 Å². The Morgan fingerprint density at radius 2 is 2.11 bits per heavy atom. The van der Waals surface area contributed by atoms with Gasteiger partial charge < -0.3 is 5.32 Å². The average Bonchev–Trinajstić information content (AvgIpc) is 2.36. The normalized spacial score (nSPS) is 13.5. The molecule has 1 heterocycles. The molecule has 2 nitrogen and oxygen atoms in total. The van der Waals surface area contributed by atoms with E-state index in [4.69, 9.17) is 0 Å². The molecule has 0 saturated carbocycles. The highest BCUT2D eigenvalue weighted by Gasteiger charge is 2.11. The van der Waals surface area contributed by atoms with Gasteiger partial charge in [0, 0.05) is 16.8 Å². The van der Waals surface area contributed by atoms with Gasteiger partial charge in [0.1, 0.15) is 6.29 Å². The van der Waals surface area contributed by atoms with Crippen molar-refractivity contribution in [2.24, 2.45) is 0 Å². The van der Waals surface area contributed by atoms with Gasteiger partial charge in [-0.05, 0) is 53.8 Å². The van der Waals surface area contributed by atoms with Crippen LogP contribution in [0.2, 0.25) is 0 Å². The average molecular weight is 235 g/mol. The van der Waals surface area contributed by atoms with E-state index in [1.807, 2.05) is 12.1 Å². The van der Waals surface area contributed by atoms with Crippen LogP contribution in [0.4, 0.5) is 5.69 Å². The lowest BCUT2D eigenvalue weighted by Gasteiger charge is -2.18. The van der Waals surface area contributed by atoms with Crippen molar-refractivity contribution in [3.8, 4) is 0 Å². The van der Waals surface area contributed by atoms with Crippen LogP contribution in [0.1, 0.15) is 18.1 Å². The number of carbonyl (C=O) groups excluding carboxylic acids is 1. The summed E-state index contributed by atoms with van der Waals surface area (Å²) in [6.45, 7) is 2.05. The van der Waals surface area contributed by atoms with Crippen molar-refractivity contribution in [1.29, 1.82) is 0 Å². The van der Waals surface area contributed by atoms with Crippen molar-refractivity contribution < 1.29 is 4.79 Å². The largest absolute Gasteiger partial charge is 0.359 e. The lowest BCUT2D eigenvalue weighted by atomic mass is 9.96. The highest BCUT2D eigenvalue weighted by molar-refractivity contribution is 6.04. The molecule has 88 valence electrons. The van der Waals surface area contributed by atoms with E-state index in [1.165, 1.54) is 22.4 Å². The first-order valence-corrected chi connectivity index (χ1v) is 5.92. The number of nitrogens with one attached hydrogen (secondary N) is 1. The zero-order valence-electron chi connectivity index (χ0n) is 10.1. The van der Waals surface area contributed by atoms with E-state index < -0.39 is 0 Å². The summed E-state index contributed by atoms with van der Waals surface area (Å²) >= 11 is 0. The van der Waals surface area contributed by atoms with Gasteiger partial charge in [-0.1, -0.05) is 18.2 Å². The van der Waals surface area contributed by atoms with E-state index in [1.54, 1.807) is 0 Å². The number of aldehydes is 1. The molecule has 0 aliphatic carbocycles. The fourth-order valence-electron chi connectivity index (χ4n) is 2.43. The van der Waals surface area contributed by atoms with E-state index in [0.717, 1.165) is 23.2 Å². The van der Waals surface area contributed by atoms with Crippen LogP contribution in [0.15, 0.2) is 42.1 Å². The lowest BCUT2D eigenvalue weighted by Crippen LogP contribution is -2.02. The maximum Gasteiger partial charge on any atom is 0.142 e. The molecule has 0 radical (unpaired) electrons. The Kier molecular flexibility index (Phi) is 2.49. The molecule has 0 atom stereocenters. The molecule has 2 aromatic rings. The summed E-state index contributed by atoms with van der Waals surface area (Å²) in [6, 6.07) is 10.4. The van der Waals surface area contributed by atoms with Crippen molar-refractivity contribution in [3.05, 3.63) is 53.2 Å². The van der Waals surface area contributed by atoms with Crippen LogP contribution < -0.4 is 5.32 Å². The van der Waals surface area contributed by atoms with Crippen LogP contribution in [0.5, 0.6) is 0 Å². The third-order valence-electron chi connectivity index (χ3n) is 3.10. The Balaban J connectivity index is 2.30. The Bertz CT molecular complexity index is 696. The van der Waals surface area contributed by atoms with E-state index in [0.29, 0.717) is 0 Å². The zero-order chi connectivity index (χ0) is 12.5. The SMILES string of the molecule is CC1=Cc2cc(C=CC=O)cc3cccc(c23)N1. The number of anilines is 1. The van der Waals surface area contributed by atoms with Crippen molar-refractivity contribution >= 4 is 34.9 Å². The third-order valence-corrected chi connectivity index (χ3v) is 3.10. The molecule has 1 N–H and O–H groups in total. The van der Waals surface area contributed by atoms with Gasteiger partial charge in [0.25, 0.3) is 0 Å². The van der Waals surface area contributed by atoms with Crippen LogP contribution in [0, 0.1) is 0 Å². The van der Waals surface area contributed by atoms with E-state index in [2.05, 4.69) is 42.6 Å². The van der Waals surface area contributed by atoms with Crippen LogP contribution in [0.25, 0.3) is 22.9 Å². The highest BCUT2D eigenvalue weighted by atomic mass is 16.1. The number of allylic oxidation sites excluding steroid dienone is 2. The summed E-state index contributed by atoms with van der Waals surface area (Å²) in [5.74, 6) is 0. The summed E-state index contributed by atoms with van der Waals surface area (Å²) in [4.78, 5) is 10.4. The fraction of sp³-hybridized carbons (Fsp3) is 0.0625. The van der Waals surface area contributed by atoms with E-state index in [-0.39, 0.29) is 0 Å². The fourth-order valence-corrected chi connectivity index (χ4v) is 2.43. The minimum atomic E-state index is 0.800. The first kappa shape index (κ1) is 10.8. The molecule has 3 rings (SSSR count). The molecule has 2 aromatic carbocycles. The number of benzene rings is 2. The van der Waals surface area contributed by atoms with Gasteiger partial charge >= 0.3 is 0 Å². The van der Waals surface area contributed by atoms with Crippen LogP contribution in [-0.4, -0.2) is 6.29 Å². The predicted octanol–water partition coefficient (Wildman–Crippen LogP) is 3.84. The maximum absolute atomic E-state index is 10.4. The van der Waals surface area contributed by atoms with Gasteiger partial charge in [-0.3, -0.25) is 4.79 Å². The standard InChI is InChI=1S/C16H13NO/c1-11-8-14-10-12(4-3-7-18)9-13-5-2-6-15(17-11)16(13)14/h2-10,17H,1H3. The second-order valence-corrected chi connectivity index (χ2v) is 4.46. The van der Waals surface area contributed by atoms with Gasteiger partial charge in [0.2, 0.25) is 0 Å². The second kappa shape index (κ2) is 4.15. The molecule has 1 aliphatic rings. The zero-order valence-corrected chi connectivity index (χ0v) is 10.1. The van der Waals surface area contributed by atoms with Gasteiger partial charge in [-0.2, -0.15) is 0 Å². The lowest BCUT2D eigenvalue weighted by molar-refractivity contribution is -0.104. The Morgan fingerprint density at radius 1 is 1.22 bits per heavy atom. The highest BCUT2D eigenvalue weighted by Crippen LogP contribution is 2.34. The minimum absolute atomic E-state index is 0.800. The summed E-state index contributed by atoms with van der Waals surface area (Å²) in [7, 11) is 0.